The van der Waals surface area contributed by atoms with Gasteiger partial charge in [0.15, 0.2) is 5.78 Å². The van der Waals surface area contributed by atoms with Crippen LogP contribution >= 0.6 is 15.9 Å². The Morgan fingerprint density at radius 3 is 2.21 bits per heavy atom. The van der Waals surface area contributed by atoms with E-state index in [2.05, 4.69) is 15.9 Å². The minimum Gasteiger partial charge on any atom is -0.321 e. The molecule has 0 saturated heterocycles. The van der Waals surface area contributed by atoms with Crippen molar-refractivity contribution in [1.29, 1.82) is 0 Å². The molecule has 0 amide bonds. The molecule has 1 unspecified atom stereocenters. The van der Waals surface area contributed by atoms with Crippen molar-refractivity contribution < 1.29 is 13.6 Å². The molecule has 0 saturated carbocycles. The summed E-state index contributed by atoms with van der Waals surface area (Å²) in [6, 6.07) is 1.14. The molecule has 0 bridgehead atoms. The molecule has 76 valence electrons. The smallest absolute Gasteiger partial charge is 0.185 e. The summed E-state index contributed by atoms with van der Waals surface area (Å²) in [5.74, 6) is -2.55. The summed E-state index contributed by atoms with van der Waals surface area (Å²) in [7, 11) is 0. The summed E-state index contributed by atoms with van der Waals surface area (Å²) in [6.45, 7) is 1.38. The number of halogens is 3. The van der Waals surface area contributed by atoms with Crippen molar-refractivity contribution in [3.05, 3.63) is 33.8 Å². The highest BCUT2D eigenvalue weighted by Crippen LogP contribution is 2.20. The molecule has 0 aliphatic rings. The van der Waals surface area contributed by atoms with Gasteiger partial charge in [-0.05, 0) is 19.1 Å². The molecule has 1 rings (SSSR count). The van der Waals surface area contributed by atoms with E-state index in [0.717, 1.165) is 12.1 Å². The van der Waals surface area contributed by atoms with Gasteiger partial charge in [0.1, 0.15) is 11.6 Å². The summed E-state index contributed by atoms with van der Waals surface area (Å²) in [4.78, 5) is 11.3. The molecule has 2 N–H and O–H groups in total. The first-order valence-corrected chi connectivity index (χ1v) is 4.67. The Morgan fingerprint density at radius 2 is 1.86 bits per heavy atom. The van der Waals surface area contributed by atoms with Gasteiger partial charge in [0.05, 0.1) is 11.6 Å². The molecule has 0 aliphatic carbocycles. The fourth-order valence-corrected chi connectivity index (χ4v) is 1.41. The van der Waals surface area contributed by atoms with E-state index in [0.29, 0.717) is 0 Å². The molecule has 1 aromatic carbocycles. The van der Waals surface area contributed by atoms with E-state index in [1.165, 1.54) is 6.92 Å². The zero-order valence-electron chi connectivity index (χ0n) is 7.35. The number of Topliss-reactive ketones (excluding diaryl/α,β-unsaturated/α-hetero) is 1. The second-order valence-electron chi connectivity index (χ2n) is 2.90. The van der Waals surface area contributed by atoms with E-state index in [-0.39, 0.29) is 4.47 Å². The van der Waals surface area contributed by atoms with Crippen LogP contribution in [-0.2, 0) is 0 Å². The Bertz CT molecular complexity index is 356. The number of ketones is 1. The number of hydrogen-bond donors (Lipinski definition) is 1. The van der Waals surface area contributed by atoms with E-state index < -0.39 is 29.0 Å². The standard InChI is InChI=1S/C9H8BrF2NO/c1-4(13)9(14)8-6(11)2-5(10)3-7(8)12/h2-4H,13H2,1H3. The van der Waals surface area contributed by atoms with Gasteiger partial charge in [0.2, 0.25) is 0 Å². The number of carbonyl (C=O) groups excluding carboxylic acids is 1. The Hall–Kier alpha value is -0.810. The third kappa shape index (κ3) is 2.16. The predicted molar refractivity (Wildman–Crippen MR) is 52.0 cm³/mol. The number of rotatable bonds is 2. The molecule has 0 radical (unpaired) electrons. The number of carbonyl (C=O) groups is 1. The number of benzene rings is 1. The maximum atomic E-state index is 13.2. The highest BCUT2D eigenvalue weighted by atomic mass is 79.9. The van der Waals surface area contributed by atoms with Crippen molar-refractivity contribution in [2.75, 3.05) is 0 Å². The molecule has 14 heavy (non-hydrogen) atoms. The van der Waals surface area contributed by atoms with Gasteiger partial charge in [-0.1, -0.05) is 15.9 Å². The lowest BCUT2D eigenvalue weighted by Crippen LogP contribution is -2.28. The van der Waals surface area contributed by atoms with Crippen LogP contribution in [0.3, 0.4) is 0 Å². The van der Waals surface area contributed by atoms with Gasteiger partial charge in [-0.2, -0.15) is 0 Å². The van der Waals surface area contributed by atoms with Crippen LogP contribution in [0.2, 0.25) is 0 Å². The molecule has 0 fully saturated rings. The maximum absolute atomic E-state index is 13.2. The molecule has 5 heteroatoms. The van der Waals surface area contributed by atoms with Crippen molar-refractivity contribution >= 4 is 21.7 Å². The van der Waals surface area contributed by atoms with Gasteiger partial charge < -0.3 is 5.73 Å². The van der Waals surface area contributed by atoms with E-state index in [4.69, 9.17) is 5.73 Å². The van der Waals surface area contributed by atoms with E-state index in [1.54, 1.807) is 0 Å². The van der Waals surface area contributed by atoms with Crippen LogP contribution in [0.25, 0.3) is 0 Å². The molecule has 1 aromatic rings. The third-order valence-electron chi connectivity index (χ3n) is 1.67. The third-order valence-corrected chi connectivity index (χ3v) is 2.12. The van der Waals surface area contributed by atoms with Crippen LogP contribution in [0, 0.1) is 11.6 Å². The van der Waals surface area contributed by atoms with Crippen LogP contribution in [-0.4, -0.2) is 11.8 Å². The van der Waals surface area contributed by atoms with E-state index in [9.17, 15) is 13.6 Å². The SMILES string of the molecule is CC(N)C(=O)c1c(F)cc(Br)cc1F. The van der Waals surface area contributed by atoms with Crippen molar-refractivity contribution in [2.24, 2.45) is 5.73 Å². The van der Waals surface area contributed by atoms with E-state index >= 15 is 0 Å². The Balaban J connectivity index is 3.28. The van der Waals surface area contributed by atoms with Gasteiger partial charge in [0, 0.05) is 4.47 Å². The summed E-state index contributed by atoms with van der Waals surface area (Å²) in [5.41, 5.74) is 4.67. The van der Waals surface area contributed by atoms with E-state index in [1.807, 2.05) is 0 Å². The van der Waals surface area contributed by atoms with Crippen LogP contribution < -0.4 is 5.73 Å². The average Bonchev–Trinajstić information content (AvgIpc) is 2.01. The van der Waals surface area contributed by atoms with Gasteiger partial charge in [-0.15, -0.1) is 0 Å². The summed E-state index contributed by atoms with van der Waals surface area (Å²) < 4.78 is 26.6. The van der Waals surface area contributed by atoms with Crippen LogP contribution in [0.15, 0.2) is 16.6 Å². The summed E-state index contributed by atoms with van der Waals surface area (Å²) in [6.07, 6.45) is 0. The van der Waals surface area contributed by atoms with Crippen molar-refractivity contribution in [2.45, 2.75) is 13.0 Å². The van der Waals surface area contributed by atoms with Crippen molar-refractivity contribution in [3.63, 3.8) is 0 Å². The minimum atomic E-state index is -0.917. The molecule has 0 spiro atoms. The lowest BCUT2D eigenvalue weighted by Gasteiger charge is -2.07. The van der Waals surface area contributed by atoms with Gasteiger partial charge in [0.25, 0.3) is 0 Å². The molecule has 1 atom stereocenters. The molecular formula is C9H8BrF2NO. The fraction of sp³-hybridized carbons (Fsp3) is 0.222. The Kier molecular flexibility index (Phi) is 3.34. The molecular weight excluding hydrogens is 256 g/mol. The van der Waals surface area contributed by atoms with Gasteiger partial charge in [-0.3, -0.25) is 4.79 Å². The lowest BCUT2D eigenvalue weighted by atomic mass is 10.1. The quantitative estimate of drug-likeness (QED) is 0.832. The topological polar surface area (TPSA) is 43.1 Å². The maximum Gasteiger partial charge on any atom is 0.185 e. The van der Waals surface area contributed by atoms with Crippen LogP contribution in [0.5, 0.6) is 0 Å². The lowest BCUT2D eigenvalue weighted by molar-refractivity contribution is 0.0959. The first-order chi connectivity index (χ1) is 6.43. The second kappa shape index (κ2) is 4.14. The summed E-state index contributed by atoms with van der Waals surface area (Å²) >= 11 is 2.91. The zero-order valence-corrected chi connectivity index (χ0v) is 8.94. The number of nitrogens with two attached hydrogens (primary N) is 1. The molecule has 0 aromatic heterocycles. The van der Waals surface area contributed by atoms with Crippen LogP contribution in [0.1, 0.15) is 17.3 Å². The van der Waals surface area contributed by atoms with Crippen molar-refractivity contribution in [1.82, 2.24) is 0 Å². The summed E-state index contributed by atoms with van der Waals surface area (Å²) in [5, 5.41) is 0. The molecule has 0 heterocycles. The Labute approximate surface area is 88.2 Å². The molecule has 2 nitrogen and oxygen atoms in total. The molecule has 0 aliphatic heterocycles. The largest absolute Gasteiger partial charge is 0.321 e. The zero-order chi connectivity index (χ0) is 10.9. The van der Waals surface area contributed by atoms with Gasteiger partial charge >= 0.3 is 0 Å². The first-order valence-electron chi connectivity index (χ1n) is 3.88. The van der Waals surface area contributed by atoms with Gasteiger partial charge in [-0.25, -0.2) is 8.78 Å². The average molecular weight is 264 g/mol. The highest BCUT2D eigenvalue weighted by Gasteiger charge is 2.20. The van der Waals surface area contributed by atoms with Crippen LogP contribution in [0.4, 0.5) is 8.78 Å². The highest BCUT2D eigenvalue weighted by molar-refractivity contribution is 9.10. The minimum absolute atomic E-state index is 0.244. The first kappa shape index (κ1) is 11.3. The van der Waals surface area contributed by atoms with Crippen molar-refractivity contribution in [3.8, 4) is 0 Å². The monoisotopic (exact) mass is 263 g/mol. The second-order valence-corrected chi connectivity index (χ2v) is 3.81. The normalized spacial score (nSPS) is 12.6. The fourth-order valence-electron chi connectivity index (χ4n) is 1.01. The number of hydrogen-bond acceptors (Lipinski definition) is 2. The Morgan fingerprint density at radius 1 is 1.43 bits per heavy atom. The predicted octanol–water partition coefficient (Wildman–Crippen LogP) is 2.26.